The van der Waals surface area contributed by atoms with Crippen LogP contribution in [0.25, 0.3) is 0 Å². The average molecular weight is 160 g/mol. The van der Waals surface area contributed by atoms with E-state index in [9.17, 15) is 4.79 Å². The Kier molecular flexibility index (Phi) is 3.95. The first-order chi connectivity index (χ1) is 4.52. The Morgan fingerprint density at radius 1 is 1.70 bits per heavy atom. The van der Waals surface area contributed by atoms with Crippen molar-refractivity contribution < 1.29 is 4.79 Å². The van der Waals surface area contributed by atoms with Gasteiger partial charge in [-0.25, -0.2) is 0 Å². The summed E-state index contributed by atoms with van der Waals surface area (Å²) in [6.07, 6.45) is 0.146. The second-order valence-corrected chi connectivity index (χ2v) is 2.89. The molecule has 1 amide bonds. The van der Waals surface area contributed by atoms with Crippen LogP contribution in [0.5, 0.6) is 0 Å². The van der Waals surface area contributed by atoms with E-state index in [0.29, 0.717) is 0 Å². The minimum atomic E-state index is -0.109. The summed E-state index contributed by atoms with van der Waals surface area (Å²) in [6, 6.07) is 0.154. The predicted molar refractivity (Wildman–Crippen MR) is 44.7 cm³/mol. The number of hydrogen-bond acceptors (Lipinski definition) is 2. The highest BCUT2D eigenvalue weighted by atomic mass is 32.1. The summed E-state index contributed by atoms with van der Waals surface area (Å²) in [5, 5.41) is 2.67. The first-order valence-electron chi connectivity index (χ1n) is 3.10. The van der Waals surface area contributed by atoms with E-state index in [2.05, 4.69) is 17.5 Å². The average Bonchev–Trinajstić information content (AvgIpc) is 1.58. The van der Waals surface area contributed by atoms with Crippen LogP contribution in [0.1, 0.15) is 20.3 Å². The maximum Gasteiger partial charge on any atom is 0.227 e. The number of nitrogens with one attached hydrogen (secondary N) is 1. The van der Waals surface area contributed by atoms with Gasteiger partial charge < -0.3 is 11.1 Å². The molecular formula is C6H12N2OS. The Morgan fingerprint density at radius 3 is 2.50 bits per heavy atom. The smallest absolute Gasteiger partial charge is 0.227 e. The molecule has 10 heavy (non-hydrogen) atoms. The predicted octanol–water partition coefficient (Wildman–Crippen LogP) is 0.187. The van der Waals surface area contributed by atoms with E-state index in [-0.39, 0.29) is 23.4 Å². The van der Waals surface area contributed by atoms with Crippen molar-refractivity contribution in [3.8, 4) is 0 Å². The fourth-order valence-electron chi connectivity index (χ4n) is 0.531. The second-order valence-electron chi connectivity index (χ2n) is 2.37. The minimum Gasteiger partial charge on any atom is -0.393 e. The van der Waals surface area contributed by atoms with Crippen LogP contribution in [0, 0.1) is 0 Å². The maximum absolute atomic E-state index is 10.8. The fraction of sp³-hybridized carbons (Fsp3) is 0.667. The fourth-order valence-corrected chi connectivity index (χ4v) is 0.662. The standard InChI is InChI=1S/C6H12N2OS/c1-4(2)8-6(9)3-5(7)10/h4H,3H2,1-2H3,(H2,7,10)(H,8,9). The van der Waals surface area contributed by atoms with E-state index in [0.717, 1.165) is 0 Å². The van der Waals surface area contributed by atoms with Gasteiger partial charge in [0.1, 0.15) is 0 Å². The van der Waals surface area contributed by atoms with Crippen molar-refractivity contribution in [1.82, 2.24) is 5.32 Å². The van der Waals surface area contributed by atoms with Gasteiger partial charge in [-0.05, 0) is 13.8 Å². The molecule has 0 aromatic carbocycles. The van der Waals surface area contributed by atoms with Crippen LogP contribution in [-0.2, 0) is 4.79 Å². The topological polar surface area (TPSA) is 55.1 Å². The highest BCUT2D eigenvalue weighted by Gasteiger charge is 2.02. The number of nitrogens with two attached hydrogens (primary N) is 1. The van der Waals surface area contributed by atoms with Crippen molar-refractivity contribution in [3.05, 3.63) is 0 Å². The molecule has 0 aromatic heterocycles. The molecule has 0 heterocycles. The van der Waals surface area contributed by atoms with E-state index >= 15 is 0 Å². The third-order valence-electron chi connectivity index (χ3n) is 0.784. The molecule has 4 heteroatoms. The lowest BCUT2D eigenvalue weighted by Gasteiger charge is -2.06. The largest absolute Gasteiger partial charge is 0.393 e. The van der Waals surface area contributed by atoms with Crippen LogP contribution in [0.3, 0.4) is 0 Å². The quantitative estimate of drug-likeness (QED) is 0.579. The van der Waals surface area contributed by atoms with Crippen LogP contribution in [-0.4, -0.2) is 16.9 Å². The summed E-state index contributed by atoms with van der Waals surface area (Å²) in [6.45, 7) is 3.77. The van der Waals surface area contributed by atoms with Gasteiger partial charge in [-0.3, -0.25) is 4.79 Å². The second kappa shape index (κ2) is 4.22. The molecule has 0 bridgehead atoms. The number of rotatable bonds is 3. The molecule has 3 N–H and O–H groups in total. The third kappa shape index (κ3) is 5.50. The zero-order chi connectivity index (χ0) is 8.15. The highest BCUT2D eigenvalue weighted by molar-refractivity contribution is 7.80. The Labute approximate surface area is 66.0 Å². The molecule has 0 aliphatic rings. The highest BCUT2D eigenvalue weighted by Crippen LogP contribution is 1.83. The molecular weight excluding hydrogens is 148 g/mol. The molecule has 0 saturated heterocycles. The van der Waals surface area contributed by atoms with Crippen LogP contribution in [0.15, 0.2) is 0 Å². The van der Waals surface area contributed by atoms with E-state index in [1.807, 2.05) is 13.8 Å². The van der Waals surface area contributed by atoms with Gasteiger partial charge in [-0.2, -0.15) is 0 Å². The lowest BCUT2D eigenvalue weighted by Crippen LogP contribution is -2.32. The van der Waals surface area contributed by atoms with Crippen LogP contribution >= 0.6 is 12.2 Å². The van der Waals surface area contributed by atoms with Crippen LogP contribution in [0.2, 0.25) is 0 Å². The molecule has 58 valence electrons. The van der Waals surface area contributed by atoms with Gasteiger partial charge >= 0.3 is 0 Å². The summed E-state index contributed by atoms with van der Waals surface area (Å²) < 4.78 is 0. The third-order valence-corrected chi connectivity index (χ3v) is 0.929. The summed E-state index contributed by atoms with van der Waals surface area (Å²) in [5.74, 6) is -0.109. The van der Waals surface area contributed by atoms with Gasteiger partial charge in [0.2, 0.25) is 5.91 Å². The molecule has 0 atom stereocenters. The lowest BCUT2D eigenvalue weighted by molar-refractivity contribution is -0.120. The molecule has 0 aliphatic heterocycles. The van der Waals surface area contributed by atoms with E-state index in [1.165, 1.54) is 0 Å². The van der Waals surface area contributed by atoms with Crippen molar-refractivity contribution in [2.45, 2.75) is 26.3 Å². The SMILES string of the molecule is CC(C)NC(=O)CC(N)=S. The van der Waals surface area contributed by atoms with Gasteiger partial charge in [0.15, 0.2) is 0 Å². The number of hydrogen-bond donors (Lipinski definition) is 2. The van der Waals surface area contributed by atoms with Gasteiger partial charge in [-0.1, -0.05) is 12.2 Å². The molecule has 0 rings (SSSR count). The van der Waals surface area contributed by atoms with E-state index in [1.54, 1.807) is 0 Å². The maximum atomic E-state index is 10.8. The molecule has 0 unspecified atom stereocenters. The van der Waals surface area contributed by atoms with Crippen molar-refractivity contribution in [1.29, 1.82) is 0 Å². The summed E-state index contributed by atoms with van der Waals surface area (Å²) in [4.78, 5) is 11.0. The van der Waals surface area contributed by atoms with Crippen molar-refractivity contribution in [3.63, 3.8) is 0 Å². The molecule has 0 spiro atoms. The lowest BCUT2D eigenvalue weighted by atomic mass is 10.3. The minimum absolute atomic E-state index is 0.109. The Morgan fingerprint density at radius 2 is 2.20 bits per heavy atom. The number of carbonyl (C=O) groups excluding carboxylic acids is 1. The molecule has 3 nitrogen and oxygen atoms in total. The molecule has 0 fully saturated rings. The summed E-state index contributed by atoms with van der Waals surface area (Å²) >= 11 is 4.54. The number of thiocarbonyl (C=S) groups is 1. The van der Waals surface area contributed by atoms with E-state index in [4.69, 9.17) is 5.73 Å². The monoisotopic (exact) mass is 160 g/mol. The van der Waals surface area contributed by atoms with Gasteiger partial charge in [0.25, 0.3) is 0 Å². The van der Waals surface area contributed by atoms with E-state index < -0.39 is 0 Å². The van der Waals surface area contributed by atoms with Crippen LogP contribution in [0.4, 0.5) is 0 Å². The molecule has 0 saturated carbocycles. The molecule has 0 aromatic rings. The first-order valence-corrected chi connectivity index (χ1v) is 3.51. The zero-order valence-electron chi connectivity index (χ0n) is 6.18. The Hall–Kier alpha value is -0.640. The Balaban J connectivity index is 3.54. The summed E-state index contributed by atoms with van der Waals surface area (Å²) in [5.41, 5.74) is 5.14. The number of carbonyl (C=O) groups is 1. The van der Waals surface area contributed by atoms with Gasteiger partial charge in [0, 0.05) is 6.04 Å². The van der Waals surface area contributed by atoms with Gasteiger partial charge in [-0.15, -0.1) is 0 Å². The van der Waals surface area contributed by atoms with Crippen LogP contribution < -0.4 is 11.1 Å². The van der Waals surface area contributed by atoms with Crippen molar-refractivity contribution >= 4 is 23.1 Å². The molecule has 0 radical (unpaired) electrons. The molecule has 0 aliphatic carbocycles. The van der Waals surface area contributed by atoms with Crippen molar-refractivity contribution in [2.24, 2.45) is 5.73 Å². The summed E-state index contributed by atoms with van der Waals surface area (Å²) in [7, 11) is 0. The first kappa shape index (κ1) is 9.36. The van der Waals surface area contributed by atoms with Gasteiger partial charge in [0.05, 0.1) is 11.4 Å². The zero-order valence-corrected chi connectivity index (χ0v) is 6.99. The normalized spacial score (nSPS) is 9.50. The van der Waals surface area contributed by atoms with Crippen molar-refractivity contribution in [2.75, 3.05) is 0 Å². The Bertz CT molecular complexity index is 145. The number of amides is 1.